The van der Waals surface area contributed by atoms with Crippen molar-refractivity contribution in [3.63, 3.8) is 0 Å². The van der Waals surface area contributed by atoms with Gasteiger partial charge >= 0.3 is 5.97 Å². The summed E-state index contributed by atoms with van der Waals surface area (Å²) in [5, 5.41) is 0.0621. The number of nitrogens with zero attached hydrogens (tertiary/aromatic N) is 2. The lowest BCUT2D eigenvalue weighted by Gasteiger charge is -2.35. The fourth-order valence-electron chi connectivity index (χ4n) is 2.95. The number of hydrogen-bond donors (Lipinski definition) is 0. The highest BCUT2D eigenvalue weighted by molar-refractivity contribution is 8.00. The zero-order chi connectivity index (χ0) is 15.4. The molecule has 22 heavy (non-hydrogen) atoms. The summed E-state index contributed by atoms with van der Waals surface area (Å²) in [6.45, 7) is 4.37. The zero-order valence-corrected chi connectivity index (χ0v) is 13.8. The number of likely N-dealkylation sites (tertiary alicyclic amines) is 1. The van der Waals surface area contributed by atoms with Gasteiger partial charge in [-0.15, -0.1) is 11.8 Å². The first-order valence-electron chi connectivity index (χ1n) is 8.02. The number of esters is 1. The van der Waals surface area contributed by atoms with Crippen LogP contribution in [0, 0.1) is 0 Å². The highest BCUT2D eigenvalue weighted by Gasteiger charge is 2.30. The predicted molar refractivity (Wildman–Crippen MR) is 89.9 cm³/mol. The Morgan fingerprint density at radius 3 is 2.86 bits per heavy atom. The number of rotatable bonds is 3. The molecule has 3 rings (SSSR count). The molecule has 1 aromatic carbocycles. The van der Waals surface area contributed by atoms with Crippen LogP contribution in [-0.4, -0.2) is 41.7 Å². The van der Waals surface area contributed by atoms with E-state index in [1.165, 1.54) is 19.3 Å². The highest BCUT2D eigenvalue weighted by Crippen LogP contribution is 2.40. The van der Waals surface area contributed by atoms with Gasteiger partial charge in [-0.25, -0.2) is 4.99 Å². The van der Waals surface area contributed by atoms with Crippen LogP contribution in [0.5, 0.6) is 0 Å². The second-order valence-electron chi connectivity index (χ2n) is 5.60. The number of carbonyl (C=O) groups excluding carboxylic acids is 1. The Kier molecular flexibility index (Phi) is 5.03. The molecule has 0 aliphatic carbocycles. The van der Waals surface area contributed by atoms with Crippen molar-refractivity contribution in [2.45, 2.75) is 42.8 Å². The Bertz CT molecular complexity index is 568. The van der Waals surface area contributed by atoms with Crippen molar-refractivity contribution in [1.29, 1.82) is 0 Å². The number of thioether (sulfide) groups is 1. The Labute approximate surface area is 135 Å². The number of fused-ring (bicyclic) bond motifs is 1. The maximum Gasteiger partial charge on any atom is 0.307 e. The van der Waals surface area contributed by atoms with Gasteiger partial charge in [-0.05, 0) is 38.3 Å². The Morgan fingerprint density at radius 2 is 2.09 bits per heavy atom. The van der Waals surface area contributed by atoms with Gasteiger partial charge in [0.05, 0.1) is 24.0 Å². The van der Waals surface area contributed by atoms with Gasteiger partial charge in [0.25, 0.3) is 0 Å². The van der Waals surface area contributed by atoms with Gasteiger partial charge in [0.2, 0.25) is 0 Å². The summed E-state index contributed by atoms with van der Waals surface area (Å²) >= 11 is 1.74. The monoisotopic (exact) mass is 318 g/mol. The number of hydrogen-bond acceptors (Lipinski definition) is 5. The molecule has 0 amide bonds. The molecular formula is C17H22N2O2S. The van der Waals surface area contributed by atoms with Crippen LogP contribution in [0.4, 0.5) is 5.69 Å². The zero-order valence-electron chi connectivity index (χ0n) is 13.0. The molecule has 0 aromatic heterocycles. The van der Waals surface area contributed by atoms with E-state index in [-0.39, 0.29) is 11.2 Å². The van der Waals surface area contributed by atoms with E-state index in [0.717, 1.165) is 29.5 Å². The SMILES string of the molecule is CCOC(=O)CC1Sc2ccccc2N=C1N1CCCCC1. The largest absolute Gasteiger partial charge is 0.466 e. The molecule has 4 nitrogen and oxygen atoms in total. The topological polar surface area (TPSA) is 41.9 Å². The van der Waals surface area contributed by atoms with E-state index in [1.807, 2.05) is 25.1 Å². The number of benzene rings is 1. The van der Waals surface area contributed by atoms with Crippen LogP contribution >= 0.6 is 11.8 Å². The minimum atomic E-state index is -0.135. The van der Waals surface area contributed by atoms with E-state index in [2.05, 4.69) is 11.0 Å². The molecule has 2 heterocycles. The molecule has 1 saturated heterocycles. The quantitative estimate of drug-likeness (QED) is 0.798. The molecular weight excluding hydrogens is 296 g/mol. The lowest BCUT2D eigenvalue weighted by molar-refractivity contribution is -0.142. The molecule has 2 aliphatic rings. The minimum absolute atomic E-state index is 0.0621. The summed E-state index contributed by atoms with van der Waals surface area (Å²) in [6, 6.07) is 8.17. The molecule has 5 heteroatoms. The maximum atomic E-state index is 11.9. The van der Waals surface area contributed by atoms with Gasteiger partial charge in [-0.3, -0.25) is 4.79 Å². The molecule has 1 atom stereocenters. The fraction of sp³-hybridized carbons (Fsp3) is 0.529. The van der Waals surface area contributed by atoms with E-state index in [1.54, 1.807) is 11.8 Å². The van der Waals surface area contributed by atoms with Gasteiger partial charge in [0.15, 0.2) is 0 Å². The number of aliphatic imine (C=N–C) groups is 1. The molecule has 0 saturated carbocycles. The van der Waals surface area contributed by atoms with Crippen molar-refractivity contribution in [3.8, 4) is 0 Å². The average Bonchev–Trinajstić information content (AvgIpc) is 2.55. The van der Waals surface area contributed by atoms with Crippen LogP contribution in [-0.2, 0) is 9.53 Å². The number of carbonyl (C=O) groups is 1. The Hall–Kier alpha value is -1.49. The Balaban J connectivity index is 1.85. The summed E-state index contributed by atoms with van der Waals surface area (Å²) < 4.78 is 5.14. The number of amidine groups is 1. The van der Waals surface area contributed by atoms with Crippen molar-refractivity contribution < 1.29 is 9.53 Å². The van der Waals surface area contributed by atoms with E-state index in [9.17, 15) is 4.79 Å². The molecule has 1 unspecified atom stereocenters. The van der Waals surface area contributed by atoms with Crippen molar-refractivity contribution in [2.24, 2.45) is 4.99 Å². The maximum absolute atomic E-state index is 11.9. The molecule has 1 aromatic rings. The third-order valence-corrected chi connectivity index (χ3v) is 5.26. The van der Waals surface area contributed by atoms with Crippen molar-refractivity contribution in [2.75, 3.05) is 19.7 Å². The van der Waals surface area contributed by atoms with E-state index in [4.69, 9.17) is 9.73 Å². The smallest absolute Gasteiger partial charge is 0.307 e. The van der Waals surface area contributed by atoms with Gasteiger partial charge in [0.1, 0.15) is 5.84 Å². The van der Waals surface area contributed by atoms with Crippen LogP contribution in [0.3, 0.4) is 0 Å². The van der Waals surface area contributed by atoms with Crippen molar-refractivity contribution >= 4 is 29.3 Å². The molecule has 0 radical (unpaired) electrons. The molecule has 1 fully saturated rings. The molecule has 2 aliphatic heterocycles. The van der Waals surface area contributed by atoms with Crippen molar-refractivity contribution in [1.82, 2.24) is 4.90 Å². The van der Waals surface area contributed by atoms with Gasteiger partial charge in [-0.2, -0.15) is 0 Å². The van der Waals surface area contributed by atoms with Crippen LogP contribution in [0.1, 0.15) is 32.6 Å². The van der Waals surface area contributed by atoms with Crippen LogP contribution in [0.25, 0.3) is 0 Å². The molecule has 0 N–H and O–H groups in total. The van der Waals surface area contributed by atoms with Gasteiger partial charge in [-0.1, -0.05) is 12.1 Å². The summed E-state index contributed by atoms with van der Waals surface area (Å²) in [7, 11) is 0. The van der Waals surface area contributed by atoms with Crippen LogP contribution in [0.2, 0.25) is 0 Å². The van der Waals surface area contributed by atoms with E-state index >= 15 is 0 Å². The third kappa shape index (κ3) is 3.46. The van der Waals surface area contributed by atoms with Gasteiger partial charge in [0, 0.05) is 18.0 Å². The van der Waals surface area contributed by atoms with Crippen molar-refractivity contribution in [3.05, 3.63) is 24.3 Å². The van der Waals surface area contributed by atoms with E-state index < -0.39 is 0 Å². The first-order valence-corrected chi connectivity index (χ1v) is 8.90. The van der Waals surface area contributed by atoms with E-state index in [0.29, 0.717) is 13.0 Å². The lowest BCUT2D eigenvalue weighted by atomic mass is 10.1. The first kappa shape index (κ1) is 15.4. The fourth-order valence-corrected chi connectivity index (χ4v) is 4.18. The summed E-state index contributed by atoms with van der Waals surface area (Å²) in [6.07, 6.45) is 4.09. The molecule has 0 bridgehead atoms. The first-order chi connectivity index (χ1) is 10.8. The molecule has 0 spiro atoms. The number of para-hydroxylation sites is 1. The molecule has 118 valence electrons. The third-order valence-electron chi connectivity index (χ3n) is 3.99. The average molecular weight is 318 g/mol. The summed E-state index contributed by atoms with van der Waals surface area (Å²) in [4.78, 5) is 20.3. The summed E-state index contributed by atoms with van der Waals surface area (Å²) in [5.74, 6) is 0.917. The second kappa shape index (κ2) is 7.18. The lowest BCUT2D eigenvalue weighted by Crippen LogP contribution is -2.42. The second-order valence-corrected chi connectivity index (χ2v) is 6.85. The van der Waals surface area contributed by atoms with Gasteiger partial charge < -0.3 is 9.64 Å². The highest BCUT2D eigenvalue weighted by atomic mass is 32.2. The Morgan fingerprint density at radius 1 is 1.32 bits per heavy atom. The normalized spacial score (nSPS) is 21.0. The van der Waals surface area contributed by atoms with Crippen LogP contribution < -0.4 is 0 Å². The minimum Gasteiger partial charge on any atom is -0.466 e. The summed E-state index contributed by atoms with van der Waals surface area (Å²) in [5.41, 5.74) is 1.02. The van der Waals surface area contributed by atoms with Crippen LogP contribution in [0.15, 0.2) is 34.2 Å². The predicted octanol–water partition coefficient (Wildman–Crippen LogP) is 3.63. The standard InChI is InChI=1S/C17H22N2O2S/c1-2-21-16(20)12-15-17(19-10-6-3-7-11-19)18-13-8-4-5-9-14(13)22-15/h4-5,8-9,15H,2-3,6-7,10-12H2,1H3. The number of ether oxygens (including phenoxy) is 1. The number of piperidine rings is 1.